The highest BCUT2D eigenvalue weighted by atomic mass is 15.1. The molecule has 3 aromatic heterocycles. The van der Waals surface area contributed by atoms with Gasteiger partial charge in [0.15, 0.2) is 17.5 Å². The standard InChI is InChI=1S/C61H39N7/c1-38-14-6-8-18-45(38)43-26-30-55-49(34-43)47-20-10-12-22-53(47)67(55)57-28-24-40(36-62)32-51(57)60-64-59(42-16-4-3-5-17-42)65-61(66-60)52-33-41(37-63)25-29-58(52)68-54-23-13-11-21-48(54)50-35-44(27-31-56(50)68)46-19-9-7-15-39(46)2/h3-35H,1-2H3. The zero-order chi connectivity index (χ0) is 45.9. The smallest absolute Gasteiger partial charge is 0.166 e. The summed E-state index contributed by atoms with van der Waals surface area (Å²) in [6.07, 6.45) is 0. The van der Waals surface area contributed by atoms with E-state index in [4.69, 9.17) is 15.0 Å². The van der Waals surface area contributed by atoms with Gasteiger partial charge < -0.3 is 9.13 Å². The maximum atomic E-state index is 10.4. The summed E-state index contributed by atoms with van der Waals surface area (Å²) in [7, 11) is 0. The number of fused-ring (bicyclic) bond motifs is 6. The molecule has 3 heterocycles. The molecule has 9 aromatic carbocycles. The zero-order valence-electron chi connectivity index (χ0n) is 37.2. The Morgan fingerprint density at radius 1 is 0.338 bits per heavy atom. The Morgan fingerprint density at radius 2 is 0.750 bits per heavy atom. The van der Waals surface area contributed by atoms with E-state index in [9.17, 15) is 10.5 Å². The predicted molar refractivity (Wildman–Crippen MR) is 275 cm³/mol. The van der Waals surface area contributed by atoms with Crippen molar-refractivity contribution in [1.82, 2.24) is 24.1 Å². The molecule has 0 aliphatic rings. The van der Waals surface area contributed by atoms with Gasteiger partial charge in [0.25, 0.3) is 0 Å². The van der Waals surface area contributed by atoms with E-state index in [2.05, 4.69) is 169 Å². The number of aryl methyl sites for hydroxylation is 2. The maximum Gasteiger partial charge on any atom is 0.166 e. The van der Waals surface area contributed by atoms with E-state index in [0.29, 0.717) is 39.7 Å². The van der Waals surface area contributed by atoms with Crippen molar-refractivity contribution in [3.05, 3.63) is 222 Å². The van der Waals surface area contributed by atoms with Crippen LogP contribution in [0.15, 0.2) is 200 Å². The number of benzene rings is 9. The molecule has 0 atom stereocenters. The fourth-order valence-electron chi connectivity index (χ4n) is 9.89. The van der Waals surface area contributed by atoms with Crippen LogP contribution in [0.1, 0.15) is 22.3 Å². The van der Waals surface area contributed by atoms with Crippen molar-refractivity contribution in [2.24, 2.45) is 0 Å². The topological polar surface area (TPSA) is 96.1 Å². The number of nitrogens with zero attached hydrogens (tertiary/aromatic N) is 7. The largest absolute Gasteiger partial charge is 0.308 e. The molecule has 0 saturated carbocycles. The lowest BCUT2D eigenvalue weighted by atomic mass is 9.99. The summed E-state index contributed by atoms with van der Waals surface area (Å²) >= 11 is 0. The van der Waals surface area contributed by atoms with Gasteiger partial charge in [0.05, 0.1) is 56.7 Å². The van der Waals surface area contributed by atoms with Crippen molar-refractivity contribution < 1.29 is 0 Å². The Morgan fingerprint density at radius 3 is 1.22 bits per heavy atom. The molecule has 0 unspecified atom stereocenters. The first-order chi connectivity index (χ1) is 33.4. The summed E-state index contributed by atoms with van der Waals surface area (Å²) in [6.45, 7) is 4.28. The lowest BCUT2D eigenvalue weighted by molar-refractivity contribution is 1.06. The van der Waals surface area contributed by atoms with Crippen LogP contribution in [0.2, 0.25) is 0 Å². The van der Waals surface area contributed by atoms with Crippen LogP contribution < -0.4 is 0 Å². The fraction of sp³-hybridized carbons (Fsp3) is 0.0328. The minimum absolute atomic E-state index is 0.391. The summed E-state index contributed by atoms with van der Waals surface area (Å²) in [5, 5.41) is 25.3. The first-order valence-corrected chi connectivity index (χ1v) is 22.6. The van der Waals surface area contributed by atoms with Crippen LogP contribution in [0.25, 0.3) is 111 Å². The minimum atomic E-state index is 0.391. The Kier molecular flexibility index (Phi) is 9.57. The number of para-hydroxylation sites is 2. The van der Waals surface area contributed by atoms with Gasteiger partial charge in [0, 0.05) is 38.2 Å². The molecule has 0 fully saturated rings. The quantitative estimate of drug-likeness (QED) is 0.159. The van der Waals surface area contributed by atoms with Gasteiger partial charge in [-0.25, -0.2) is 15.0 Å². The lowest BCUT2D eigenvalue weighted by Crippen LogP contribution is -2.06. The molecule has 0 saturated heterocycles. The van der Waals surface area contributed by atoms with Crippen molar-refractivity contribution >= 4 is 43.6 Å². The first-order valence-electron chi connectivity index (χ1n) is 22.6. The molecule has 0 N–H and O–H groups in total. The molecule has 7 nitrogen and oxygen atoms in total. The van der Waals surface area contributed by atoms with Gasteiger partial charge in [-0.2, -0.15) is 10.5 Å². The number of hydrogen-bond donors (Lipinski definition) is 0. The normalized spacial score (nSPS) is 11.4. The van der Waals surface area contributed by atoms with Crippen molar-refractivity contribution in [2.45, 2.75) is 13.8 Å². The molecule has 0 aliphatic carbocycles. The number of aromatic nitrogens is 5. The molecular weight excluding hydrogens is 831 g/mol. The Labute approximate surface area is 392 Å². The Bertz CT molecular complexity index is 3840. The summed E-state index contributed by atoms with van der Waals surface area (Å²) in [6, 6.07) is 73.1. The molecule has 68 heavy (non-hydrogen) atoms. The van der Waals surface area contributed by atoms with Crippen LogP contribution >= 0.6 is 0 Å². The number of hydrogen-bond acceptors (Lipinski definition) is 5. The van der Waals surface area contributed by atoms with Crippen molar-refractivity contribution in [3.8, 4) is 79.9 Å². The third kappa shape index (κ3) is 6.61. The third-order valence-electron chi connectivity index (χ3n) is 13.1. The van der Waals surface area contributed by atoms with E-state index in [0.717, 1.165) is 71.7 Å². The minimum Gasteiger partial charge on any atom is -0.308 e. The average molecular weight is 870 g/mol. The fourth-order valence-corrected chi connectivity index (χ4v) is 9.89. The van der Waals surface area contributed by atoms with E-state index in [1.54, 1.807) is 0 Å². The van der Waals surface area contributed by atoms with E-state index in [1.807, 2.05) is 66.7 Å². The van der Waals surface area contributed by atoms with Gasteiger partial charge >= 0.3 is 0 Å². The van der Waals surface area contributed by atoms with Crippen LogP contribution in [-0.4, -0.2) is 24.1 Å². The van der Waals surface area contributed by atoms with E-state index >= 15 is 0 Å². The molecule has 0 spiro atoms. The molecule has 12 aromatic rings. The monoisotopic (exact) mass is 869 g/mol. The number of rotatable bonds is 7. The van der Waals surface area contributed by atoms with Gasteiger partial charge in [-0.1, -0.05) is 127 Å². The second-order valence-electron chi connectivity index (χ2n) is 17.2. The Hall–Kier alpha value is -9.43. The van der Waals surface area contributed by atoms with Crippen LogP contribution in [0.4, 0.5) is 0 Å². The molecule has 0 aliphatic heterocycles. The molecule has 0 amide bonds. The van der Waals surface area contributed by atoms with Crippen LogP contribution in [0.5, 0.6) is 0 Å². The second kappa shape index (κ2) is 16.2. The molecular formula is C61H39N7. The molecule has 0 radical (unpaired) electrons. The SMILES string of the molecule is Cc1ccccc1-c1ccc2c(c1)c1ccccc1n2-c1ccc(C#N)cc1-c1nc(-c2ccccc2)nc(-c2cc(C#N)ccc2-n2c3ccccc3c3cc(-c4ccccc4C)ccc32)n1. The van der Waals surface area contributed by atoms with E-state index < -0.39 is 0 Å². The van der Waals surface area contributed by atoms with Crippen LogP contribution in [-0.2, 0) is 0 Å². The van der Waals surface area contributed by atoms with Gasteiger partial charge in [0.2, 0.25) is 0 Å². The first kappa shape index (κ1) is 40.1. The predicted octanol–water partition coefficient (Wildman–Crippen LogP) is 14.8. The van der Waals surface area contributed by atoms with Crippen LogP contribution in [0.3, 0.4) is 0 Å². The van der Waals surface area contributed by atoms with Crippen molar-refractivity contribution in [3.63, 3.8) is 0 Å². The van der Waals surface area contributed by atoms with E-state index in [-0.39, 0.29) is 0 Å². The molecule has 7 heteroatoms. The summed E-state index contributed by atoms with van der Waals surface area (Å²) < 4.78 is 4.50. The van der Waals surface area contributed by atoms with Crippen molar-refractivity contribution in [2.75, 3.05) is 0 Å². The summed E-state index contributed by atoms with van der Waals surface area (Å²) in [4.78, 5) is 15.8. The number of nitriles is 2. The van der Waals surface area contributed by atoms with Crippen molar-refractivity contribution in [1.29, 1.82) is 10.5 Å². The Balaban J connectivity index is 1.11. The van der Waals surface area contributed by atoms with Crippen LogP contribution in [0, 0.1) is 36.5 Å². The maximum absolute atomic E-state index is 10.4. The highest BCUT2D eigenvalue weighted by Crippen LogP contribution is 2.41. The average Bonchev–Trinajstić information content (AvgIpc) is 3.90. The zero-order valence-corrected chi connectivity index (χ0v) is 37.2. The highest BCUT2D eigenvalue weighted by molar-refractivity contribution is 6.12. The highest BCUT2D eigenvalue weighted by Gasteiger charge is 2.24. The summed E-state index contributed by atoms with van der Waals surface area (Å²) in [5.41, 5.74) is 15.8. The van der Waals surface area contributed by atoms with Gasteiger partial charge in [-0.05, 0) is 120 Å². The third-order valence-corrected chi connectivity index (χ3v) is 13.1. The van der Waals surface area contributed by atoms with Gasteiger partial charge in [0.1, 0.15) is 0 Å². The van der Waals surface area contributed by atoms with E-state index in [1.165, 1.54) is 22.3 Å². The van der Waals surface area contributed by atoms with Gasteiger partial charge in [-0.15, -0.1) is 0 Å². The molecule has 0 bridgehead atoms. The second-order valence-corrected chi connectivity index (χ2v) is 17.2. The summed E-state index contributed by atoms with van der Waals surface area (Å²) in [5.74, 6) is 1.24. The van der Waals surface area contributed by atoms with Gasteiger partial charge in [-0.3, -0.25) is 0 Å². The molecule has 12 rings (SSSR count). The molecule has 318 valence electrons. The lowest BCUT2D eigenvalue weighted by Gasteiger charge is -2.17.